The van der Waals surface area contributed by atoms with E-state index in [-0.39, 0.29) is 0 Å². The van der Waals surface area contributed by atoms with Crippen molar-refractivity contribution in [3.8, 4) is 0 Å². The maximum absolute atomic E-state index is 4.60. The van der Waals surface area contributed by atoms with Gasteiger partial charge in [0.1, 0.15) is 0 Å². The molecule has 0 radical (unpaired) electrons. The Balaban J connectivity index is 2.37. The zero-order chi connectivity index (χ0) is 15.5. The molecule has 1 aliphatic carbocycles. The van der Waals surface area contributed by atoms with Crippen LogP contribution in [-0.4, -0.2) is 16.3 Å². The topological polar surface area (TPSA) is 29.9 Å². The molecule has 120 valence electrons. The molecule has 4 heteroatoms. The summed E-state index contributed by atoms with van der Waals surface area (Å²) in [5.41, 5.74) is 1.67. The van der Waals surface area contributed by atoms with Crippen molar-refractivity contribution in [1.29, 1.82) is 0 Å². The van der Waals surface area contributed by atoms with Crippen LogP contribution in [0.5, 0.6) is 0 Å². The first-order valence-electron chi connectivity index (χ1n) is 8.46. The number of aromatic nitrogens is 2. The molecule has 21 heavy (non-hydrogen) atoms. The Morgan fingerprint density at radius 3 is 2.57 bits per heavy atom. The lowest BCUT2D eigenvalue weighted by Crippen LogP contribution is -2.39. The van der Waals surface area contributed by atoms with Crippen LogP contribution in [0.15, 0.2) is 10.7 Å². The van der Waals surface area contributed by atoms with Crippen molar-refractivity contribution in [3.05, 3.63) is 16.4 Å². The molecule has 0 bridgehead atoms. The van der Waals surface area contributed by atoms with Gasteiger partial charge in [-0.3, -0.25) is 4.68 Å². The van der Waals surface area contributed by atoms with Gasteiger partial charge >= 0.3 is 0 Å². The normalized spacial score (nSPS) is 19.9. The van der Waals surface area contributed by atoms with Crippen molar-refractivity contribution in [3.63, 3.8) is 0 Å². The van der Waals surface area contributed by atoms with Gasteiger partial charge in [-0.15, -0.1) is 0 Å². The fourth-order valence-corrected chi connectivity index (χ4v) is 4.14. The Bertz CT molecular complexity index is 447. The zero-order valence-corrected chi connectivity index (χ0v) is 15.5. The number of halogens is 1. The van der Waals surface area contributed by atoms with Crippen molar-refractivity contribution in [2.45, 2.75) is 78.3 Å². The average molecular weight is 356 g/mol. The van der Waals surface area contributed by atoms with Crippen LogP contribution in [0.2, 0.25) is 0 Å². The van der Waals surface area contributed by atoms with Gasteiger partial charge in [0.25, 0.3) is 0 Å². The molecule has 1 aliphatic rings. The van der Waals surface area contributed by atoms with E-state index in [4.69, 9.17) is 0 Å². The number of rotatable bonds is 6. The fourth-order valence-electron chi connectivity index (χ4n) is 3.64. The number of hydrogen-bond donors (Lipinski definition) is 1. The van der Waals surface area contributed by atoms with E-state index < -0.39 is 0 Å². The SMILES string of the molecule is CCCNC(c1c(Br)cnn1C(C)C)C1(C)CCCCC1. The zero-order valence-electron chi connectivity index (χ0n) is 14.0. The third kappa shape index (κ3) is 3.70. The predicted octanol–water partition coefficient (Wildman–Crippen LogP) is 5.24. The van der Waals surface area contributed by atoms with E-state index in [1.54, 1.807) is 0 Å². The highest BCUT2D eigenvalue weighted by Crippen LogP contribution is 2.47. The molecule has 1 unspecified atom stereocenters. The van der Waals surface area contributed by atoms with Crippen LogP contribution in [-0.2, 0) is 0 Å². The van der Waals surface area contributed by atoms with Gasteiger partial charge in [0.2, 0.25) is 0 Å². The van der Waals surface area contributed by atoms with Crippen LogP contribution < -0.4 is 5.32 Å². The first kappa shape index (κ1) is 17.0. The molecular formula is C17H30BrN3. The van der Waals surface area contributed by atoms with Crippen molar-refractivity contribution >= 4 is 15.9 Å². The molecule has 0 aliphatic heterocycles. The summed E-state index contributed by atoms with van der Waals surface area (Å²) < 4.78 is 3.34. The van der Waals surface area contributed by atoms with E-state index in [1.807, 2.05) is 6.20 Å². The molecule has 1 aromatic rings. The smallest absolute Gasteiger partial charge is 0.0704 e. The summed E-state index contributed by atoms with van der Waals surface area (Å²) in [7, 11) is 0. The average Bonchev–Trinajstić information content (AvgIpc) is 2.82. The van der Waals surface area contributed by atoms with Crippen LogP contribution >= 0.6 is 15.9 Å². The Kier molecular flexibility index (Phi) is 5.89. The summed E-state index contributed by atoms with van der Waals surface area (Å²) in [6.07, 6.45) is 9.85. The number of hydrogen-bond acceptors (Lipinski definition) is 2. The van der Waals surface area contributed by atoms with Gasteiger partial charge in [0.05, 0.1) is 22.4 Å². The Labute approximate surface area is 138 Å². The lowest BCUT2D eigenvalue weighted by Gasteiger charge is -2.42. The highest BCUT2D eigenvalue weighted by Gasteiger charge is 2.39. The lowest BCUT2D eigenvalue weighted by molar-refractivity contribution is 0.137. The van der Waals surface area contributed by atoms with Gasteiger partial charge in [-0.25, -0.2) is 0 Å². The second-order valence-electron chi connectivity index (χ2n) is 7.02. The van der Waals surface area contributed by atoms with Gasteiger partial charge in [0.15, 0.2) is 0 Å². The maximum Gasteiger partial charge on any atom is 0.0704 e. The minimum atomic E-state index is 0.336. The van der Waals surface area contributed by atoms with Crippen LogP contribution in [0, 0.1) is 5.41 Å². The first-order chi connectivity index (χ1) is 9.99. The van der Waals surface area contributed by atoms with Crippen molar-refractivity contribution in [2.75, 3.05) is 6.54 Å². The minimum Gasteiger partial charge on any atom is -0.308 e. The summed E-state index contributed by atoms with van der Waals surface area (Å²) in [4.78, 5) is 0. The van der Waals surface area contributed by atoms with E-state index >= 15 is 0 Å². The van der Waals surface area contributed by atoms with E-state index in [1.165, 1.54) is 44.2 Å². The van der Waals surface area contributed by atoms with Crippen molar-refractivity contribution in [1.82, 2.24) is 15.1 Å². The van der Waals surface area contributed by atoms with E-state index in [2.05, 4.69) is 58.7 Å². The van der Waals surface area contributed by atoms with Crippen molar-refractivity contribution in [2.24, 2.45) is 5.41 Å². The molecule has 1 atom stereocenters. The Morgan fingerprint density at radius 2 is 2.00 bits per heavy atom. The summed E-state index contributed by atoms with van der Waals surface area (Å²) in [5.74, 6) is 0. The Hall–Kier alpha value is -0.350. The van der Waals surface area contributed by atoms with Crippen LogP contribution in [0.4, 0.5) is 0 Å². The summed E-state index contributed by atoms with van der Waals surface area (Å²) in [6.45, 7) is 10.2. The maximum atomic E-state index is 4.60. The van der Waals surface area contributed by atoms with E-state index in [0.717, 1.165) is 11.0 Å². The Morgan fingerprint density at radius 1 is 1.33 bits per heavy atom. The first-order valence-corrected chi connectivity index (χ1v) is 9.25. The molecule has 1 fully saturated rings. The van der Waals surface area contributed by atoms with Crippen LogP contribution in [0.3, 0.4) is 0 Å². The fraction of sp³-hybridized carbons (Fsp3) is 0.824. The number of nitrogens with one attached hydrogen (secondary N) is 1. The molecule has 1 N–H and O–H groups in total. The van der Waals surface area contributed by atoms with Gasteiger partial charge in [-0.2, -0.15) is 5.10 Å². The largest absolute Gasteiger partial charge is 0.308 e. The summed E-state index contributed by atoms with van der Waals surface area (Å²) in [5, 5.41) is 8.43. The third-order valence-electron chi connectivity index (χ3n) is 4.84. The molecule has 1 saturated carbocycles. The molecule has 1 aromatic heterocycles. The minimum absolute atomic E-state index is 0.336. The summed E-state index contributed by atoms with van der Waals surface area (Å²) >= 11 is 3.75. The third-order valence-corrected chi connectivity index (χ3v) is 5.45. The van der Waals surface area contributed by atoms with Gasteiger partial charge in [-0.05, 0) is 61.0 Å². The molecule has 3 nitrogen and oxygen atoms in total. The highest BCUT2D eigenvalue weighted by molar-refractivity contribution is 9.10. The van der Waals surface area contributed by atoms with Gasteiger partial charge in [0, 0.05) is 6.04 Å². The molecular weight excluding hydrogens is 326 g/mol. The standard InChI is InChI=1S/C17H30BrN3/c1-5-11-19-16(17(4)9-7-6-8-10-17)15-14(18)12-20-21(15)13(2)3/h12-13,16,19H,5-11H2,1-4H3. The number of nitrogens with zero attached hydrogens (tertiary/aromatic N) is 2. The second kappa shape index (κ2) is 7.28. The highest BCUT2D eigenvalue weighted by atomic mass is 79.9. The van der Waals surface area contributed by atoms with Crippen LogP contribution in [0.1, 0.15) is 84.0 Å². The quantitative estimate of drug-likeness (QED) is 0.756. The summed E-state index contributed by atoms with van der Waals surface area (Å²) in [6, 6.07) is 0.779. The van der Waals surface area contributed by atoms with Gasteiger partial charge in [-0.1, -0.05) is 33.1 Å². The predicted molar refractivity (Wildman–Crippen MR) is 92.5 cm³/mol. The molecule has 0 aromatic carbocycles. The van der Waals surface area contributed by atoms with E-state index in [9.17, 15) is 0 Å². The molecule has 0 spiro atoms. The molecule has 1 heterocycles. The molecule has 2 rings (SSSR count). The molecule has 0 amide bonds. The lowest BCUT2D eigenvalue weighted by atomic mass is 9.69. The van der Waals surface area contributed by atoms with E-state index in [0.29, 0.717) is 17.5 Å². The van der Waals surface area contributed by atoms with Crippen molar-refractivity contribution < 1.29 is 0 Å². The monoisotopic (exact) mass is 355 g/mol. The molecule has 0 saturated heterocycles. The van der Waals surface area contributed by atoms with Crippen LogP contribution in [0.25, 0.3) is 0 Å². The van der Waals surface area contributed by atoms with Gasteiger partial charge < -0.3 is 5.32 Å². The second-order valence-corrected chi connectivity index (χ2v) is 7.87.